The van der Waals surface area contributed by atoms with Crippen LogP contribution in [-0.2, 0) is 26.6 Å². The predicted molar refractivity (Wildman–Crippen MR) is 74.7 cm³/mol. The quantitative estimate of drug-likeness (QED) is 0.898. The molecule has 0 saturated heterocycles. The van der Waals surface area contributed by atoms with Gasteiger partial charge in [0.25, 0.3) is 0 Å². The van der Waals surface area contributed by atoms with Gasteiger partial charge in [-0.3, -0.25) is 4.79 Å². The van der Waals surface area contributed by atoms with E-state index in [4.69, 9.17) is 0 Å². The molecular formula is C14H16F3NO3S. The van der Waals surface area contributed by atoms with Crippen molar-refractivity contribution < 1.29 is 26.4 Å². The lowest BCUT2D eigenvalue weighted by atomic mass is 10.1. The number of sulfone groups is 1. The Bertz CT molecular complexity index is 666. The molecule has 22 heavy (non-hydrogen) atoms. The number of rotatable bonds is 5. The summed E-state index contributed by atoms with van der Waals surface area (Å²) >= 11 is 0. The Morgan fingerprint density at radius 3 is 2.55 bits per heavy atom. The number of nitrogens with one attached hydrogen (secondary N) is 1. The summed E-state index contributed by atoms with van der Waals surface area (Å²) < 4.78 is 62.2. The summed E-state index contributed by atoms with van der Waals surface area (Å²) in [5.41, 5.74) is -0.892. The van der Waals surface area contributed by atoms with Crippen LogP contribution in [0.2, 0.25) is 0 Å². The van der Waals surface area contributed by atoms with Crippen LogP contribution < -0.4 is 5.32 Å². The largest absolute Gasteiger partial charge is 0.416 e. The van der Waals surface area contributed by atoms with Gasteiger partial charge in [0.2, 0.25) is 5.91 Å². The van der Waals surface area contributed by atoms with Crippen LogP contribution in [0.15, 0.2) is 24.3 Å². The minimum atomic E-state index is -4.53. The molecule has 2 rings (SSSR count). The molecule has 1 aromatic rings. The fourth-order valence-corrected chi connectivity index (χ4v) is 3.19. The van der Waals surface area contributed by atoms with Crippen LogP contribution in [0.1, 0.15) is 30.9 Å². The van der Waals surface area contributed by atoms with Crippen LogP contribution in [0.4, 0.5) is 13.2 Å². The Labute approximate surface area is 126 Å². The van der Waals surface area contributed by atoms with Crippen LogP contribution >= 0.6 is 0 Å². The second kappa shape index (κ2) is 5.91. The van der Waals surface area contributed by atoms with Crippen molar-refractivity contribution in [2.75, 3.05) is 0 Å². The summed E-state index contributed by atoms with van der Waals surface area (Å²) in [5, 5.41) is 1.29. The first kappa shape index (κ1) is 16.8. The van der Waals surface area contributed by atoms with E-state index in [1.165, 1.54) is 13.0 Å². The molecule has 1 fully saturated rings. The molecule has 1 N–H and O–H groups in total. The van der Waals surface area contributed by atoms with Crippen molar-refractivity contribution >= 4 is 15.7 Å². The Balaban J connectivity index is 2.12. The maximum atomic E-state index is 12.6. The molecule has 0 bridgehead atoms. The van der Waals surface area contributed by atoms with Gasteiger partial charge in [-0.05, 0) is 31.4 Å². The molecule has 4 nitrogen and oxygen atoms in total. The van der Waals surface area contributed by atoms with Crippen molar-refractivity contribution in [1.29, 1.82) is 0 Å². The molecule has 122 valence electrons. The molecule has 1 saturated carbocycles. The van der Waals surface area contributed by atoms with Crippen molar-refractivity contribution in [1.82, 2.24) is 5.32 Å². The average molecular weight is 335 g/mol. The number of carbonyl (C=O) groups is 1. The van der Waals surface area contributed by atoms with Crippen molar-refractivity contribution in [2.45, 2.75) is 43.0 Å². The summed E-state index contributed by atoms with van der Waals surface area (Å²) in [6.45, 7) is 1.25. The van der Waals surface area contributed by atoms with E-state index in [-0.39, 0.29) is 11.6 Å². The molecule has 0 heterocycles. The van der Waals surface area contributed by atoms with Gasteiger partial charge >= 0.3 is 6.18 Å². The molecule has 1 unspecified atom stereocenters. The fourth-order valence-electron chi connectivity index (χ4n) is 1.90. The lowest BCUT2D eigenvalue weighted by Crippen LogP contribution is -2.39. The maximum absolute atomic E-state index is 12.6. The number of hydrogen-bond acceptors (Lipinski definition) is 3. The van der Waals surface area contributed by atoms with Gasteiger partial charge in [-0.1, -0.05) is 18.2 Å². The molecule has 0 aromatic heterocycles. The van der Waals surface area contributed by atoms with E-state index < -0.39 is 38.5 Å². The van der Waals surface area contributed by atoms with Crippen LogP contribution in [-0.4, -0.2) is 25.6 Å². The van der Waals surface area contributed by atoms with E-state index in [0.717, 1.165) is 31.0 Å². The summed E-state index contributed by atoms with van der Waals surface area (Å²) in [7, 11) is -3.87. The SMILES string of the molecule is CC(C(=O)NC1CC1)S(=O)(=O)Cc1cccc(C(F)(F)F)c1. The third kappa shape index (κ3) is 4.22. The number of halogens is 3. The van der Waals surface area contributed by atoms with E-state index in [9.17, 15) is 26.4 Å². The van der Waals surface area contributed by atoms with Gasteiger partial charge in [-0.15, -0.1) is 0 Å². The van der Waals surface area contributed by atoms with Gasteiger partial charge in [-0.2, -0.15) is 13.2 Å². The van der Waals surface area contributed by atoms with E-state index in [1.54, 1.807) is 0 Å². The zero-order valence-corrected chi connectivity index (χ0v) is 12.7. The molecule has 0 aliphatic heterocycles. The van der Waals surface area contributed by atoms with E-state index in [1.807, 2.05) is 0 Å². The first-order valence-electron chi connectivity index (χ1n) is 6.77. The van der Waals surface area contributed by atoms with Crippen LogP contribution in [0.3, 0.4) is 0 Å². The number of carbonyl (C=O) groups excluding carboxylic acids is 1. The molecule has 0 spiro atoms. The van der Waals surface area contributed by atoms with E-state index in [0.29, 0.717) is 0 Å². The fraction of sp³-hybridized carbons (Fsp3) is 0.500. The molecule has 0 radical (unpaired) electrons. The molecule has 1 aromatic carbocycles. The highest BCUT2D eigenvalue weighted by Crippen LogP contribution is 2.30. The Kier molecular flexibility index (Phi) is 4.51. The Morgan fingerprint density at radius 2 is 2.00 bits per heavy atom. The van der Waals surface area contributed by atoms with Gasteiger partial charge in [0.15, 0.2) is 9.84 Å². The molecular weight excluding hydrogens is 319 g/mol. The monoisotopic (exact) mass is 335 g/mol. The molecule has 1 amide bonds. The maximum Gasteiger partial charge on any atom is 0.416 e. The molecule has 8 heteroatoms. The summed E-state index contributed by atoms with van der Waals surface area (Å²) in [5.74, 6) is -1.20. The standard InChI is InChI=1S/C14H16F3NO3S/c1-9(13(19)18-12-5-6-12)22(20,21)8-10-3-2-4-11(7-10)14(15,16)17/h2-4,7,9,12H,5-6,8H2,1H3,(H,18,19). The van der Waals surface area contributed by atoms with Gasteiger partial charge in [-0.25, -0.2) is 8.42 Å². The second-order valence-electron chi connectivity index (χ2n) is 5.43. The lowest BCUT2D eigenvalue weighted by Gasteiger charge is -2.14. The van der Waals surface area contributed by atoms with Gasteiger partial charge < -0.3 is 5.32 Å². The zero-order valence-electron chi connectivity index (χ0n) is 11.9. The number of amides is 1. The third-order valence-electron chi connectivity index (χ3n) is 3.45. The molecule has 1 aliphatic rings. The normalized spacial score (nSPS) is 17.1. The second-order valence-corrected chi connectivity index (χ2v) is 7.75. The van der Waals surface area contributed by atoms with E-state index >= 15 is 0 Å². The Hall–Kier alpha value is -1.57. The minimum Gasteiger partial charge on any atom is -0.352 e. The summed E-state index contributed by atoms with van der Waals surface area (Å²) in [4.78, 5) is 11.8. The Morgan fingerprint density at radius 1 is 1.36 bits per heavy atom. The highest BCUT2D eigenvalue weighted by Gasteiger charge is 2.34. The zero-order chi connectivity index (χ0) is 16.5. The van der Waals surface area contributed by atoms with Crippen molar-refractivity contribution in [3.8, 4) is 0 Å². The number of benzene rings is 1. The van der Waals surface area contributed by atoms with Gasteiger partial charge in [0.1, 0.15) is 5.25 Å². The third-order valence-corrected chi connectivity index (χ3v) is 5.48. The van der Waals surface area contributed by atoms with Crippen LogP contribution in [0.25, 0.3) is 0 Å². The molecule has 1 aliphatic carbocycles. The predicted octanol–water partition coefficient (Wildman–Crippen LogP) is 2.29. The van der Waals surface area contributed by atoms with Crippen molar-refractivity contribution in [3.05, 3.63) is 35.4 Å². The van der Waals surface area contributed by atoms with Crippen molar-refractivity contribution in [3.63, 3.8) is 0 Å². The van der Waals surface area contributed by atoms with Crippen molar-refractivity contribution in [2.24, 2.45) is 0 Å². The van der Waals surface area contributed by atoms with Crippen LogP contribution in [0, 0.1) is 0 Å². The highest BCUT2D eigenvalue weighted by atomic mass is 32.2. The average Bonchev–Trinajstić information content (AvgIpc) is 3.20. The number of alkyl halides is 3. The summed E-state index contributed by atoms with van der Waals surface area (Å²) in [6.07, 6.45) is -2.88. The topological polar surface area (TPSA) is 63.2 Å². The smallest absolute Gasteiger partial charge is 0.352 e. The highest BCUT2D eigenvalue weighted by molar-refractivity contribution is 7.92. The van der Waals surface area contributed by atoms with Gasteiger partial charge in [0.05, 0.1) is 11.3 Å². The number of hydrogen-bond donors (Lipinski definition) is 1. The first-order valence-corrected chi connectivity index (χ1v) is 8.49. The van der Waals surface area contributed by atoms with Gasteiger partial charge in [0, 0.05) is 6.04 Å². The first-order chi connectivity index (χ1) is 10.1. The lowest BCUT2D eigenvalue weighted by molar-refractivity contribution is -0.137. The van der Waals surface area contributed by atoms with E-state index in [2.05, 4.69) is 5.32 Å². The molecule has 1 atom stereocenters. The summed E-state index contributed by atoms with van der Waals surface area (Å²) in [6, 6.07) is 4.15. The van der Waals surface area contributed by atoms with Crippen LogP contribution in [0.5, 0.6) is 0 Å². The minimum absolute atomic E-state index is 0.0147.